The lowest BCUT2D eigenvalue weighted by Gasteiger charge is -2.33. The monoisotopic (exact) mass is 187 g/mol. The summed E-state index contributed by atoms with van der Waals surface area (Å²) in [6.07, 6.45) is 2.48. The van der Waals surface area contributed by atoms with E-state index in [4.69, 9.17) is 9.47 Å². The fourth-order valence-corrected chi connectivity index (χ4v) is 1.60. The smallest absolute Gasteiger partial charge is 0.110 e. The maximum absolute atomic E-state index is 5.75. The van der Waals surface area contributed by atoms with Gasteiger partial charge in [-0.05, 0) is 12.8 Å². The lowest BCUT2D eigenvalue weighted by molar-refractivity contribution is -0.0970. The molecular formula is C10H21NO2. The summed E-state index contributed by atoms with van der Waals surface area (Å²) < 4.78 is 11.1. The number of hydrogen-bond donors (Lipinski definition) is 0. The summed E-state index contributed by atoms with van der Waals surface area (Å²) in [5.41, 5.74) is 0. The lowest BCUT2D eigenvalue weighted by atomic mass is 10.3. The van der Waals surface area contributed by atoms with Gasteiger partial charge in [-0.15, -0.1) is 0 Å². The maximum atomic E-state index is 5.75. The third-order valence-corrected chi connectivity index (χ3v) is 2.32. The highest BCUT2D eigenvalue weighted by atomic mass is 16.5. The number of morpholine rings is 1. The zero-order chi connectivity index (χ0) is 9.52. The Hall–Kier alpha value is -0.120. The van der Waals surface area contributed by atoms with Gasteiger partial charge in [0.1, 0.15) is 6.23 Å². The Balaban J connectivity index is 2.26. The number of nitrogens with zero attached hydrogens (tertiary/aromatic N) is 1. The van der Waals surface area contributed by atoms with Crippen LogP contribution in [0.25, 0.3) is 0 Å². The Bertz CT molecular complexity index is 124. The average molecular weight is 187 g/mol. The maximum Gasteiger partial charge on any atom is 0.110 e. The zero-order valence-corrected chi connectivity index (χ0v) is 8.79. The van der Waals surface area contributed by atoms with E-state index < -0.39 is 0 Å². The minimum atomic E-state index is 0.309. The van der Waals surface area contributed by atoms with Crippen molar-refractivity contribution in [2.75, 3.05) is 32.9 Å². The standard InChI is InChI=1S/C10H21NO2/c1-3-7-13-10(4-2)11-5-8-12-9-6-11/h10H,3-9H2,1-2H3. The SMILES string of the molecule is CCCOC(CC)N1CCOCC1. The minimum absolute atomic E-state index is 0.309. The molecule has 1 atom stereocenters. The molecule has 0 saturated carbocycles. The van der Waals surface area contributed by atoms with E-state index in [1.54, 1.807) is 0 Å². The zero-order valence-electron chi connectivity index (χ0n) is 8.79. The van der Waals surface area contributed by atoms with Crippen LogP contribution < -0.4 is 0 Å². The molecule has 78 valence electrons. The van der Waals surface area contributed by atoms with Crippen LogP contribution in [-0.4, -0.2) is 44.0 Å². The van der Waals surface area contributed by atoms with Crippen molar-refractivity contribution in [3.8, 4) is 0 Å². The second kappa shape index (κ2) is 6.35. The van der Waals surface area contributed by atoms with E-state index in [9.17, 15) is 0 Å². The molecule has 0 aliphatic carbocycles. The van der Waals surface area contributed by atoms with Gasteiger partial charge in [-0.1, -0.05) is 13.8 Å². The van der Waals surface area contributed by atoms with Crippen molar-refractivity contribution in [1.82, 2.24) is 4.90 Å². The minimum Gasteiger partial charge on any atom is -0.379 e. The van der Waals surface area contributed by atoms with Gasteiger partial charge in [-0.2, -0.15) is 0 Å². The Labute approximate surface area is 81.0 Å². The van der Waals surface area contributed by atoms with Gasteiger partial charge in [0.2, 0.25) is 0 Å². The molecule has 1 unspecified atom stereocenters. The number of ether oxygens (including phenoxy) is 2. The van der Waals surface area contributed by atoms with Gasteiger partial charge in [0.25, 0.3) is 0 Å². The average Bonchev–Trinajstić information content (AvgIpc) is 2.21. The molecule has 0 spiro atoms. The molecule has 0 aromatic carbocycles. The molecule has 1 fully saturated rings. The van der Waals surface area contributed by atoms with E-state index in [-0.39, 0.29) is 0 Å². The molecule has 0 bridgehead atoms. The largest absolute Gasteiger partial charge is 0.379 e. The Morgan fingerprint density at radius 3 is 2.54 bits per heavy atom. The molecule has 0 radical (unpaired) electrons. The summed E-state index contributed by atoms with van der Waals surface area (Å²) in [6, 6.07) is 0. The Morgan fingerprint density at radius 2 is 2.00 bits per heavy atom. The molecule has 3 heteroatoms. The van der Waals surface area contributed by atoms with Crippen molar-refractivity contribution in [3.05, 3.63) is 0 Å². The summed E-state index contributed by atoms with van der Waals surface area (Å²) in [6.45, 7) is 8.93. The highest BCUT2D eigenvalue weighted by Gasteiger charge is 2.19. The molecule has 1 rings (SSSR count). The molecule has 1 saturated heterocycles. The van der Waals surface area contributed by atoms with Crippen LogP contribution >= 0.6 is 0 Å². The first kappa shape index (κ1) is 11.0. The fraction of sp³-hybridized carbons (Fsp3) is 1.00. The third kappa shape index (κ3) is 3.63. The van der Waals surface area contributed by atoms with Crippen LogP contribution in [0.5, 0.6) is 0 Å². The highest BCUT2D eigenvalue weighted by Crippen LogP contribution is 2.08. The first-order chi connectivity index (χ1) is 6.38. The summed E-state index contributed by atoms with van der Waals surface area (Å²) in [5, 5.41) is 0. The van der Waals surface area contributed by atoms with Crippen molar-refractivity contribution in [1.29, 1.82) is 0 Å². The van der Waals surface area contributed by atoms with E-state index in [0.29, 0.717) is 6.23 Å². The van der Waals surface area contributed by atoms with Crippen molar-refractivity contribution < 1.29 is 9.47 Å². The predicted octanol–water partition coefficient (Wildman–Crippen LogP) is 1.48. The Kier molecular flexibility index (Phi) is 5.35. The van der Waals surface area contributed by atoms with Gasteiger partial charge in [0.05, 0.1) is 13.2 Å². The van der Waals surface area contributed by atoms with Crippen molar-refractivity contribution >= 4 is 0 Å². The van der Waals surface area contributed by atoms with Crippen LogP contribution in [0.3, 0.4) is 0 Å². The van der Waals surface area contributed by atoms with Crippen LogP contribution in [-0.2, 0) is 9.47 Å². The quantitative estimate of drug-likeness (QED) is 0.650. The van der Waals surface area contributed by atoms with Crippen LogP contribution in [0.2, 0.25) is 0 Å². The van der Waals surface area contributed by atoms with Crippen molar-refractivity contribution in [2.45, 2.75) is 32.9 Å². The predicted molar refractivity (Wildman–Crippen MR) is 52.7 cm³/mol. The summed E-state index contributed by atoms with van der Waals surface area (Å²) in [7, 11) is 0. The van der Waals surface area contributed by atoms with E-state index in [1.165, 1.54) is 0 Å². The topological polar surface area (TPSA) is 21.7 Å². The summed E-state index contributed by atoms with van der Waals surface area (Å²) in [5.74, 6) is 0. The normalized spacial score (nSPS) is 21.7. The van der Waals surface area contributed by atoms with Gasteiger partial charge in [-0.25, -0.2) is 0 Å². The van der Waals surface area contributed by atoms with E-state index in [1.807, 2.05) is 0 Å². The summed E-state index contributed by atoms with van der Waals surface area (Å²) >= 11 is 0. The van der Waals surface area contributed by atoms with Gasteiger partial charge in [-0.3, -0.25) is 4.90 Å². The van der Waals surface area contributed by atoms with Crippen LogP contribution in [0.15, 0.2) is 0 Å². The Morgan fingerprint density at radius 1 is 1.31 bits per heavy atom. The van der Waals surface area contributed by atoms with E-state index in [0.717, 1.165) is 45.8 Å². The van der Waals surface area contributed by atoms with Gasteiger partial charge >= 0.3 is 0 Å². The first-order valence-electron chi connectivity index (χ1n) is 5.31. The lowest BCUT2D eigenvalue weighted by Crippen LogP contribution is -2.44. The third-order valence-electron chi connectivity index (χ3n) is 2.32. The molecule has 0 aromatic rings. The van der Waals surface area contributed by atoms with Crippen molar-refractivity contribution in [2.24, 2.45) is 0 Å². The van der Waals surface area contributed by atoms with Crippen LogP contribution in [0.1, 0.15) is 26.7 Å². The molecule has 1 aliphatic heterocycles. The summed E-state index contributed by atoms with van der Waals surface area (Å²) in [4.78, 5) is 2.37. The van der Waals surface area contributed by atoms with Crippen molar-refractivity contribution in [3.63, 3.8) is 0 Å². The molecule has 0 N–H and O–H groups in total. The molecule has 0 aromatic heterocycles. The second-order valence-electron chi connectivity index (χ2n) is 3.38. The molecule has 3 nitrogen and oxygen atoms in total. The van der Waals surface area contributed by atoms with Gasteiger partial charge in [0.15, 0.2) is 0 Å². The number of hydrogen-bond acceptors (Lipinski definition) is 3. The molecule has 0 amide bonds. The highest BCUT2D eigenvalue weighted by molar-refractivity contribution is 4.65. The van der Waals surface area contributed by atoms with Gasteiger partial charge in [0, 0.05) is 19.7 Å². The fourth-order valence-electron chi connectivity index (χ4n) is 1.60. The molecule has 13 heavy (non-hydrogen) atoms. The second-order valence-corrected chi connectivity index (χ2v) is 3.38. The first-order valence-corrected chi connectivity index (χ1v) is 5.31. The van der Waals surface area contributed by atoms with Crippen LogP contribution in [0.4, 0.5) is 0 Å². The molecule has 1 heterocycles. The molecule has 1 aliphatic rings. The van der Waals surface area contributed by atoms with E-state index >= 15 is 0 Å². The molecular weight excluding hydrogens is 166 g/mol. The van der Waals surface area contributed by atoms with E-state index in [2.05, 4.69) is 18.7 Å². The van der Waals surface area contributed by atoms with Crippen LogP contribution in [0, 0.1) is 0 Å². The number of rotatable bonds is 5. The van der Waals surface area contributed by atoms with Gasteiger partial charge < -0.3 is 9.47 Å².